The van der Waals surface area contributed by atoms with Gasteiger partial charge in [-0.1, -0.05) is 12.1 Å². The molecule has 8 heteroatoms. The molecule has 1 aliphatic heterocycles. The number of hydrogen-bond donors (Lipinski definition) is 4. The summed E-state index contributed by atoms with van der Waals surface area (Å²) in [5, 5.41) is 9.34. The third-order valence-electron chi connectivity index (χ3n) is 3.39. The molecule has 0 unspecified atom stereocenters. The summed E-state index contributed by atoms with van der Waals surface area (Å²) in [6.07, 6.45) is 0. The van der Waals surface area contributed by atoms with Gasteiger partial charge in [-0.2, -0.15) is 5.26 Å². The molecule has 0 amide bonds. The van der Waals surface area contributed by atoms with E-state index in [0.717, 1.165) is 0 Å². The summed E-state index contributed by atoms with van der Waals surface area (Å²) in [6.45, 7) is 0. The molecule has 0 bridgehead atoms. The van der Waals surface area contributed by atoms with Crippen molar-refractivity contribution in [1.82, 2.24) is 9.97 Å². The van der Waals surface area contributed by atoms with Crippen molar-refractivity contribution in [1.29, 1.82) is 5.26 Å². The monoisotopic (exact) mass is 297 g/mol. The van der Waals surface area contributed by atoms with Crippen LogP contribution in [0.3, 0.4) is 0 Å². The second kappa shape index (κ2) is 4.82. The molecule has 2 heterocycles. The molecular formula is C14H11N5O3. The van der Waals surface area contributed by atoms with Gasteiger partial charge in [0.25, 0.3) is 5.56 Å². The zero-order valence-electron chi connectivity index (χ0n) is 11.2. The van der Waals surface area contributed by atoms with E-state index in [1.165, 1.54) is 0 Å². The number of benzene rings is 1. The van der Waals surface area contributed by atoms with E-state index in [9.17, 15) is 14.9 Å². The Morgan fingerprint density at radius 3 is 2.45 bits per heavy atom. The van der Waals surface area contributed by atoms with Gasteiger partial charge in [-0.05, 0) is 17.7 Å². The number of nitrogens with zero attached hydrogens (tertiary/aromatic N) is 1. The lowest BCUT2D eigenvalue weighted by molar-refractivity contribution is 0.373. The van der Waals surface area contributed by atoms with Crippen LogP contribution in [-0.2, 0) is 0 Å². The van der Waals surface area contributed by atoms with Gasteiger partial charge < -0.3 is 16.2 Å². The molecule has 0 aliphatic carbocycles. The molecule has 1 aromatic heterocycles. The number of nitrogens with two attached hydrogens (primary N) is 2. The van der Waals surface area contributed by atoms with E-state index in [2.05, 4.69) is 9.97 Å². The molecule has 3 rings (SSSR count). The van der Waals surface area contributed by atoms with Crippen molar-refractivity contribution in [3.8, 4) is 11.9 Å². The summed E-state index contributed by atoms with van der Waals surface area (Å²) in [5.41, 5.74) is 11.4. The van der Waals surface area contributed by atoms with Crippen LogP contribution in [0, 0.1) is 11.3 Å². The second-order valence-electron chi connectivity index (χ2n) is 4.74. The summed E-state index contributed by atoms with van der Waals surface area (Å²) in [4.78, 5) is 28.0. The Morgan fingerprint density at radius 1 is 1.14 bits per heavy atom. The maximum Gasteiger partial charge on any atom is 0.328 e. The van der Waals surface area contributed by atoms with Gasteiger partial charge in [0.2, 0.25) is 11.8 Å². The van der Waals surface area contributed by atoms with Gasteiger partial charge in [0, 0.05) is 5.69 Å². The summed E-state index contributed by atoms with van der Waals surface area (Å²) < 4.78 is 5.21. The smallest absolute Gasteiger partial charge is 0.328 e. The Morgan fingerprint density at radius 2 is 1.82 bits per heavy atom. The number of hydrogen-bond acceptors (Lipinski definition) is 6. The lowest BCUT2D eigenvalue weighted by Gasteiger charge is -2.24. The number of allylic oxidation sites excluding steroid dienone is 1. The maximum absolute atomic E-state index is 12.2. The minimum Gasteiger partial charge on any atom is -0.424 e. The van der Waals surface area contributed by atoms with Crippen LogP contribution in [0.1, 0.15) is 17.0 Å². The highest BCUT2D eigenvalue weighted by atomic mass is 16.5. The number of aromatic nitrogens is 2. The molecule has 1 atom stereocenters. The SMILES string of the molecule is N#CC1=C(N)Oc2[nH]c(=O)[nH]c(=O)c2[C@H]1c1ccc(N)cc1. The van der Waals surface area contributed by atoms with Crippen LogP contribution in [0.15, 0.2) is 45.3 Å². The molecule has 0 saturated carbocycles. The zero-order chi connectivity index (χ0) is 15.9. The first-order chi connectivity index (χ1) is 10.5. The van der Waals surface area contributed by atoms with Crippen LogP contribution in [0.4, 0.5) is 5.69 Å². The molecule has 0 fully saturated rings. The third kappa shape index (κ3) is 2.01. The highest BCUT2D eigenvalue weighted by Crippen LogP contribution is 2.38. The number of nitrogens with one attached hydrogen (secondary N) is 2. The Balaban J connectivity index is 2.32. The number of H-pyrrole nitrogens is 2. The predicted molar refractivity (Wildman–Crippen MR) is 77.8 cm³/mol. The average Bonchev–Trinajstić information content (AvgIpc) is 2.46. The topological polar surface area (TPSA) is 151 Å². The first-order valence-corrected chi connectivity index (χ1v) is 6.30. The fourth-order valence-electron chi connectivity index (χ4n) is 2.41. The molecule has 0 spiro atoms. The summed E-state index contributed by atoms with van der Waals surface area (Å²) in [5.74, 6) is -0.958. The van der Waals surface area contributed by atoms with Crippen molar-refractivity contribution in [2.75, 3.05) is 5.73 Å². The normalized spacial score (nSPS) is 16.6. The fourth-order valence-corrected chi connectivity index (χ4v) is 2.41. The third-order valence-corrected chi connectivity index (χ3v) is 3.39. The molecule has 2 aromatic rings. The highest BCUT2D eigenvalue weighted by Gasteiger charge is 2.33. The van der Waals surface area contributed by atoms with E-state index >= 15 is 0 Å². The van der Waals surface area contributed by atoms with Crippen molar-refractivity contribution in [3.63, 3.8) is 0 Å². The van der Waals surface area contributed by atoms with E-state index in [0.29, 0.717) is 11.3 Å². The number of nitriles is 1. The number of fused-ring (bicyclic) bond motifs is 1. The van der Waals surface area contributed by atoms with E-state index < -0.39 is 17.2 Å². The molecule has 0 saturated heterocycles. The van der Waals surface area contributed by atoms with Crippen LogP contribution in [0.25, 0.3) is 0 Å². The van der Waals surface area contributed by atoms with E-state index in [-0.39, 0.29) is 22.9 Å². The zero-order valence-corrected chi connectivity index (χ0v) is 11.2. The summed E-state index contributed by atoms with van der Waals surface area (Å²) in [7, 11) is 0. The molecule has 22 heavy (non-hydrogen) atoms. The van der Waals surface area contributed by atoms with Crippen LogP contribution in [0.5, 0.6) is 5.88 Å². The molecule has 0 radical (unpaired) electrons. The molecule has 8 nitrogen and oxygen atoms in total. The van der Waals surface area contributed by atoms with Gasteiger partial charge in [0.15, 0.2) is 0 Å². The number of rotatable bonds is 1. The van der Waals surface area contributed by atoms with Gasteiger partial charge in [0.05, 0.1) is 11.5 Å². The van der Waals surface area contributed by atoms with Crippen LogP contribution >= 0.6 is 0 Å². The quantitative estimate of drug-likeness (QED) is 0.538. The summed E-state index contributed by atoms with van der Waals surface area (Å²) >= 11 is 0. The Kier molecular flexibility index (Phi) is 2.96. The predicted octanol–water partition coefficient (Wildman–Crippen LogP) is -0.136. The van der Waals surface area contributed by atoms with E-state index in [4.69, 9.17) is 16.2 Å². The largest absolute Gasteiger partial charge is 0.424 e. The molecule has 110 valence electrons. The van der Waals surface area contributed by atoms with Crippen molar-refractivity contribution in [2.24, 2.45) is 5.73 Å². The lowest BCUT2D eigenvalue weighted by atomic mass is 9.85. The minimum atomic E-state index is -0.741. The van der Waals surface area contributed by atoms with Gasteiger partial charge in [-0.25, -0.2) is 4.79 Å². The van der Waals surface area contributed by atoms with Gasteiger partial charge in [-0.15, -0.1) is 0 Å². The van der Waals surface area contributed by atoms with Gasteiger partial charge in [-0.3, -0.25) is 14.8 Å². The van der Waals surface area contributed by atoms with Crippen molar-refractivity contribution in [2.45, 2.75) is 5.92 Å². The number of anilines is 1. The number of aromatic amines is 2. The highest BCUT2D eigenvalue weighted by molar-refractivity contribution is 5.54. The average molecular weight is 297 g/mol. The van der Waals surface area contributed by atoms with Crippen LogP contribution in [-0.4, -0.2) is 9.97 Å². The Bertz CT molecular complexity index is 931. The number of nitrogen functional groups attached to an aromatic ring is 1. The van der Waals surface area contributed by atoms with Crippen molar-refractivity contribution < 1.29 is 4.74 Å². The molecule has 1 aliphatic rings. The van der Waals surface area contributed by atoms with Gasteiger partial charge in [0.1, 0.15) is 11.6 Å². The Hall–Kier alpha value is -3.47. The minimum absolute atomic E-state index is 0.0629. The first kappa shape index (κ1) is 13.5. The van der Waals surface area contributed by atoms with Crippen LogP contribution in [0.2, 0.25) is 0 Å². The maximum atomic E-state index is 12.2. The second-order valence-corrected chi connectivity index (χ2v) is 4.74. The standard InChI is InChI=1S/C14H11N5O3/c15-5-8-9(6-1-3-7(16)4-2-6)10-12(20)18-14(21)19-13(10)22-11(8)17/h1-4,9H,16-17H2,(H2,18,19,20,21)/t9-/m0/s1. The fraction of sp³-hybridized carbons (Fsp3) is 0.0714. The van der Waals surface area contributed by atoms with E-state index in [1.54, 1.807) is 24.3 Å². The molecule has 1 aromatic carbocycles. The lowest BCUT2D eigenvalue weighted by Crippen LogP contribution is -2.33. The number of ether oxygens (including phenoxy) is 1. The van der Waals surface area contributed by atoms with Gasteiger partial charge >= 0.3 is 5.69 Å². The van der Waals surface area contributed by atoms with Crippen molar-refractivity contribution in [3.05, 3.63) is 67.7 Å². The Labute approximate surface area is 123 Å². The molecular weight excluding hydrogens is 286 g/mol. The van der Waals surface area contributed by atoms with E-state index in [1.807, 2.05) is 6.07 Å². The first-order valence-electron chi connectivity index (χ1n) is 6.30. The van der Waals surface area contributed by atoms with Crippen molar-refractivity contribution >= 4 is 5.69 Å². The molecule has 6 N–H and O–H groups in total. The van der Waals surface area contributed by atoms with Crippen LogP contribution < -0.4 is 27.5 Å². The summed E-state index contributed by atoms with van der Waals surface area (Å²) in [6, 6.07) is 8.62.